The summed E-state index contributed by atoms with van der Waals surface area (Å²) in [4.78, 5) is 59.9. The lowest BCUT2D eigenvalue weighted by Gasteiger charge is -2.53. The lowest BCUT2D eigenvalue weighted by atomic mass is 9.64. The third-order valence-corrected chi connectivity index (χ3v) is 10.5. The number of nitrogens with zero attached hydrogens (tertiary/aromatic N) is 3. The number of carbonyl (C=O) groups is 4. The topological polar surface area (TPSA) is 96.5 Å². The molecule has 3 aliphatic heterocycles. The summed E-state index contributed by atoms with van der Waals surface area (Å²) >= 11 is 12.8. The number of hydrogen-bond acceptors (Lipinski definition) is 6. The van der Waals surface area contributed by atoms with Gasteiger partial charge in [0, 0.05) is 60.2 Å². The Morgan fingerprint density at radius 3 is 2.32 bits per heavy atom. The maximum atomic E-state index is 14.4. The Morgan fingerprint density at radius 2 is 1.73 bits per heavy atom. The van der Waals surface area contributed by atoms with Gasteiger partial charge < -0.3 is 24.2 Å². The number of likely N-dealkylation sites (tertiary alicyclic amines) is 1. The first-order chi connectivity index (χ1) is 21.0. The molecule has 0 aromatic heterocycles. The molecule has 3 heterocycles. The van der Waals surface area contributed by atoms with E-state index in [2.05, 4.69) is 13.8 Å². The van der Waals surface area contributed by atoms with Crippen molar-refractivity contribution in [1.82, 2.24) is 14.7 Å². The van der Waals surface area contributed by atoms with Gasteiger partial charge in [0.15, 0.2) is 0 Å². The molecule has 0 N–H and O–H groups in total. The lowest BCUT2D eigenvalue weighted by Crippen LogP contribution is -2.62. The number of amides is 3. The molecule has 9 nitrogen and oxygen atoms in total. The average molecular weight is 647 g/mol. The monoisotopic (exact) mass is 645 g/mol. The van der Waals surface area contributed by atoms with Crippen LogP contribution in [0.5, 0.6) is 0 Å². The number of halogens is 2. The maximum Gasteiger partial charge on any atom is 0.320 e. The van der Waals surface area contributed by atoms with E-state index in [0.29, 0.717) is 47.5 Å². The summed E-state index contributed by atoms with van der Waals surface area (Å²) in [5.41, 5.74) is 0.0234. The summed E-state index contributed by atoms with van der Waals surface area (Å²) in [5.74, 6) is -1.01. The van der Waals surface area contributed by atoms with Crippen LogP contribution in [0.3, 0.4) is 0 Å². The number of esters is 1. The predicted molar refractivity (Wildman–Crippen MR) is 164 cm³/mol. The van der Waals surface area contributed by atoms with Crippen molar-refractivity contribution >= 4 is 46.9 Å². The molecule has 2 saturated carbocycles. The highest BCUT2D eigenvalue weighted by molar-refractivity contribution is 6.35. The van der Waals surface area contributed by atoms with Crippen molar-refractivity contribution in [2.24, 2.45) is 29.1 Å². The van der Waals surface area contributed by atoms with Gasteiger partial charge in [0.25, 0.3) is 0 Å². The van der Waals surface area contributed by atoms with Crippen LogP contribution in [0.1, 0.15) is 57.9 Å². The number of fused-ring (bicyclic) bond motifs is 1. The van der Waals surface area contributed by atoms with Gasteiger partial charge in [0.1, 0.15) is 5.41 Å². The van der Waals surface area contributed by atoms with Crippen molar-refractivity contribution in [3.63, 3.8) is 0 Å². The van der Waals surface area contributed by atoms with Crippen LogP contribution in [-0.2, 0) is 35.2 Å². The van der Waals surface area contributed by atoms with Crippen LogP contribution in [-0.4, -0.2) is 83.9 Å². The minimum absolute atomic E-state index is 0.0444. The van der Waals surface area contributed by atoms with Crippen LogP contribution in [0.4, 0.5) is 0 Å². The molecule has 238 valence electrons. The van der Waals surface area contributed by atoms with Gasteiger partial charge in [0.05, 0.1) is 25.9 Å². The summed E-state index contributed by atoms with van der Waals surface area (Å²) in [6.45, 7) is 6.08. The molecule has 0 radical (unpaired) electrons. The fourth-order valence-electron chi connectivity index (χ4n) is 7.14. The molecule has 6 rings (SSSR count). The zero-order chi connectivity index (χ0) is 31.3. The van der Waals surface area contributed by atoms with E-state index in [9.17, 15) is 19.2 Å². The lowest BCUT2D eigenvalue weighted by molar-refractivity contribution is -0.182. The number of rotatable bonds is 8. The highest BCUT2D eigenvalue weighted by Gasteiger charge is 2.64. The third kappa shape index (κ3) is 5.87. The van der Waals surface area contributed by atoms with E-state index < -0.39 is 23.4 Å². The van der Waals surface area contributed by atoms with Gasteiger partial charge in [-0.3, -0.25) is 19.2 Å². The number of hydrogen-bond donors (Lipinski definition) is 0. The molecule has 44 heavy (non-hydrogen) atoms. The van der Waals surface area contributed by atoms with E-state index in [4.69, 9.17) is 32.7 Å². The number of methoxy groups -OCH3 is 1. The van der Waals surface area contributed by atoms with E-state index in [1.165, 1.54) is 7.11 Å². The smallest absolute Gasteiger partial charge is 0.320 e. The Kier molecular flexibility index (Phi) is 8.76. The van der Waals surface area contributed by atoms with Crippen molar-refractivity contribution in [2.75, 3.05) is 33.3 Å². The van der Waals surface area contributed by atoms with Gasteiger partial charge in [0.2, 0.25) is 17.7 Å². The van der Waals surface area contributed by atoms with Gasteiger partial charge in [-0.15, -0.1) is 0 Å². The quantitative estimate of drug-likeness (QED) is 0.381. The largest absolute Gasteiger partial charge is 0.468 e. The molecular formula is C33H41Cl2N3O6. The molecule has 2 saturated heterocycles. The molecule has 2 aliphatic carbocycles. The Hall–Kier alpha value is -2.62. The van der Waals surface area contributed by atoms with Crippen molar-refractivity contribution < 1.29 is 28.7 Å². The van der Waals surface area contributed by atoms with E-state index in [1.807, 2.05) is 11.0 Å². The molecule has 4 fully saturated rings. The Morgan fingerprint density at radius 1 is 1.05 bits per heavy atom. The summed E-state index contributed by atoms with van der Waals surface area (Å²) in [5, 5.41) is 0.895. The van der Waals surface area contributed by atoms with Gasteiger partial charge in [-0.25, -0.2) is 0 Å². The van der Waals surface area contributed by atoms with Crippen molar-refractivity contribution in [3.05, 3.63) is 45.6 Å². The standard InChI is InChI=1S/C33H41Cl2N3O6/c1-19(2)26-16-27-33(32(42)43-3,29(44-26)20-4-5-20)17-23(31(41)38(27)18-22-8-9-24(34)15-25(22)35)14-28(39)36-10-12-37(13-11-36)30(40)21-6-7-21/h8-9,15-16,19-21,23,26,29H,4-7,10-14,17-18H2,1-3H3/t23-,26+,29+,33+/m0/s1. The molecule has 1 aromatic carbocycles. The Labute approximate surface area is 268 Å². The molecule has 0 spiro atoms. The Bertz CT molecular complexity index is 1370. The van der Waals surface area contributed by atoms with Crippen molar-refractivity contribution in [2.45, 2.75) is 71.1 Å². The fraction of sp³-hybridized carbons (Fsp3) is 0.636. The first-order valence-corrected chi connectivity index (χ1v) is 16.6. The Balaban J connectivity index is 1.33. The van der Waals surface area contributed by atoms with E-state index in [0.717, 1.165) is 25.7 Å². The predicted octanol–water partition coefficient (Wildman–Crippen LogP) is 4.69. The number of ether oxygens (including phenoxy) is 2. The second kappa shape index (κ2) is 12.3. The summed E-state index contributed by atoms with van der Waals surface area (Å²) in [7, 11) is 1.37. The van der Waals surface area contributed by atoms with Crippen LogP contribution in [0.2, 0.25) is 10.0 Å². The summed E-state index contributed by atoms with van der Waals surface area (Å²) < 4.78 is 12.2. The van der Waals surface area contributed by atoms with Crippen molar-refractivity contribution in [3.8, 4) is 0 Å². The van der Waals surface area contributed by atoms with Gasteiger partial charge >= 0.3 is 5.97 Å². The van der Waals surface area contributed by atoms with Crippen molar-refractivity contribution in [1.29, 1.82) is 0 Å². The maximum absolute atomic E-state index is 14.4. The molecular weight excluding hydrogens is 605 g/mol. The molecule has 1 aromatic rings. The zero-order valence-corrected chi connectivity index (χ0v) is 27.1. The van der Waals surface area contributed by atoms with E-state index in [-0.39, 0.29) is 61.0 Å². The van der Waals surface area contributed by atoms with Gasteiger partial charge in [-0.2, -0.15) is 0 Å². The number of benzene rings is 1. The molecule has 0 unspecified atom stereocenters. The minimum Gasteiger partial charge on any atom is -0.468 e. The average Bonchev–Trinajstić information content (AvgIpc) is 3.93. The van der Waals surface area contributed by atoms with E-state index in [1.54, 1.807) is 28.0 Å². The van der Waals surface area contributed by atoms with Gasteiger partial charge in [-0.1, -0.05) is 43.1 Å². The van der Waals surface area contributed by atoms with Crippen LogP contribution in [0, 0.1) is 29.1 Å². The molecule has 3 amide bonds. The van der Waals surface area contributed by atoms with Crippen LogP contribution >= 0.6 is 23.2 Å². The van der Waals surface area contributed by atoms with Crippen LogP contribution < -0.4 is 0 Å². The first kappa shape index (κ1) is 31.4. The molecule has 4 atom stereocenters. The molecule has 11 heteroatoms. The fourth-order valence-corrected chi connectivity index (χ4v) is 7.61. The SMILES string of the molecule is COC(=O)[C@]12C[C@H](CC(=O)N3CCN(C(=O)C4CC4)CC3)C(=O)N(Cc3ccc(Cl)cc3Cl)C1=C[C@H](C(C)C)O[C@@H]2C1CC1. The third-order valence-electron chi connectivity index (χ3n) is 9.94. The zero-order valence-electron chi connectivity index (χ0n) is 25.6. The molecule has 5 aliphatic rings. The van der Waals surface area contributed by atoms with Crippen LogP contribution in [0.25, 0.3) is 0 Å². The van der Waals surface area contributed by atoms with Crippen LogP contribution in [0.15, 0.2) is 30.0 Å². The number of carbonyl (C=O) groups excluding carboxylic acids is 4. The van der Waals surface area contributed by atoms with E-state index >= 15 is 0 Å². The summed E-state index contributed by atoms with van der Waals surface area (Å²) in [6.07, 6.45) is 4.96. The van der Waals surface area contributed by atoms with Gasteiger partial charge in [-0.05, 0) is 67.7 Å². The second-order valence-electron chi connectivity index (χ2n) is 13.4. The highest BCUT2D eigenvalue weighted by Crippen LogP contribution is 2.57. The highest BCUT2D eigenvalue weighted by atomic mass is 35.5. The molecule has 0 bridgehead atoms. The normalized spacial score (nSPS) is 29.0. The number of piperazine rings is 1. The minimum atomic E-state index is -1.24. The second-order valence-corrected chi connectivity index (χ2v) is 14.2. The summed E-state index contributed by atoms with van der Waals surface area (Å²) in [6, 6.07) is 5.14. The first-order valence-electron chi connectivity index (χ1n) is 15.8. The number of piperidine rings is 1.